The minimum atomic E-state index is -0.609. The van der Waals surface area contributed by atoms with E-state index in [0.29, 0.717) is 0 Å². The van der Waals surface area contributed by atoms with Gasteiger partial charge in [0, 0.05) is 38.8 Å². The van der Waals surface area contributed by atoms with Crippen molar-refractivity contribution in [1.82, 2.24) is 15.1 Å². The van der Waals surface area contributed by atoms with E-state index in [1.54, 1.807) is 0 Å². The largest absolute Gasteiger partial charge is 0.480 e. The molecule has 3 rings (SSSR count). The van der Waals surface area contributed by atoms with Gasteiger partial charge in [-0.3, -0.25) is 14.6 Å². The summed E-state index contributed by atoms with van der Waals surface area (Å²) in [4.78, 5) is 16.6. The number of fused-ring (bicyclic) bond motifs is 1. The molecular formula is C13H23N3O2. The summed E-state index contributed by atoms with van der Waals surface area (Å²) in [5, 5.41) is 13.2. The maximum Gasteiger partial charge on any atom is 0.325 e. The zero-order valence-electron chi connectivity index (χ0n) is 10.9. The molecule has 0 amide bonds. The lowest BCUT2D eigenvalue weighted by atomic mass is 9.83. The van der Waals surface area contributed by atoms with Gasteiger partial charge in [-0.2, -0.15) is 0 Å². The first-order valence-corrected chi connectivity index (χ1v) is 7.18. The van der Waals surface area contributed by atoms with Gasteiger partial charge in [-0.1, -0.05) is 6.42 Å². The molecule has 5 heteroatoms. The van der Waals surface area contributed by atoms with Crippen LogP contribution in [0.2, 0.25) is 0 Å². The summed E-state index contributed by atoms with van der Waals surface area (Å²) < 4.78 is 0. The van der Waals surface area contributed by atoms with E-state index >= 15 is 0 Å². The minimum Gasteiger partial charge on any atom is -0.480 e. The first-order valence-electron chi connectivity index (χ1n) is 7.18. The van der Waals surface area contributed by atoms with Crippen molar-refractivity contribution in [3.05, 3.63) is 0 Å². The molecule has 2 N–H and O–H groups in total. The van der Waals surface area contributed by atoms with Crippen molar-refractivity contribution < 1.29 is 9.90 Å². The van der Waals surface area contributed by atoms with E-state index in [2.05, 4.69) is 15.1 Å². The lowest BCUT2D eigenvalue weighted by molar-refractivity contribution is -0.155. The third kappa shape index (κ3) is 1.76. The highest BCUT2D eigenvalue weighted by Gasteiger charge is 2.56. The van der Waals surface area contributed by atoms with Crippen molar-refractivity contribution in [3.8, 4) is 0 Å². The highest BCUT2D eigenvalue weighted by molar-refractivity contribution is 5.80. The molecule has 0 aromatic carbocycles. The number of carboxylic acids is 1. The molecule has 0 bridgehead atoms. The number of carbonyl (C=O) groups is 1. The molecule has 0 aromatic heterocycles. The van der Waals surface area contributed by atoms with Gasteiger partial charge in [0.2, 0.25) is 0 Å². The number of piperazine rings is 1. The van der Waals surface area contributed by atoms with Crippen LogP contribution in [0, 0.1) is 0 Å². The van der Waals surface area contributed by atoms with Crippen molar-refractivity contribution in [2.45, 2.75) is 37.3 Å². The third-order valence-corrected chi connectivity index (χ3v) is 5.00. The minimum absolute atomic E-state index is 0.238. The summed E-state index contributed by atoms with van der Waals surface area (Å²) >= 11 is 0. The van der Waals surface area contributed by atoms with Crippen LogP contribution in [0.3, 0.4) is 0 Å². The molecule has 102 valence electrons. The van der Waals surface area contributed by atoms with Crippen molar-refractivity contribution >= 4 is 5.97 Å². The Hall–Kier alpha value is -0.650. The molecule has 2 atom stereocenters. The number of rotatable bonds is 2. The van der Waals surface area contributed by atoms with Crippen LogP contribution in [-0.2, 0) is 4.79 Å². The zero-order valence-corrected chi connectivity index (χ0v) is 10.9. The molecule has 0 spiro atoms. The first kappa shape index (κ1) is 12.4. The quantitative estimate of drug-likeness (QED) is 0.724. The van der Waals surface area contributed by atoms with E-state index in [4.69, 9.17) is 0 Å². The zero-order chi connectivity index (χ0) is 12.6. The van der Waals surface area contributed by atoms with Crippen molar-refractivity contribution in [2.24, 2.45) is 0 Å². The molecule has 0 radical (unpaired) electrons. The molecule has 18 heavy (non-hydrogen) atoms. The number of hydrogen-bond donors (Lipinski definition) is 2. The first-order chi connectivity index (χ1) is 8.75. The van der Waals surface area contributed by atoms with Gasteiger partial charge in [0.1, 0.15) is 5.54 Å². The molecular weight excluding hydrogens is 230 g/mol. The Labute approximate surface area is 108 Å². The predicted octanol–water partition coefficient (Wildman–Crippen LogP) is -0.0268. The molecule has 3 saturated heterocycles. The van der Waals surface area contributed by atoms with Crippen LogP contribution in [0.15, 0.2) is 0 Å². The van der Waals surface area contributed by atoms with Crippen LogP contribution in [0.1, 0.15) is 25.7 Å². The smallest absolute Gasteiger partial charge is 0.325 e. The van der Waals surface area contributed by atoms with Crippen LogP contribution in [0.25, 0.3) is 0 Å². The number of carboxylic acid groups (broad SMARTS) is 1. The lowest BCUT2D eigenvalue weighted by Crippen LogP contribution is -2.65. The summed E-state index contributed by atoms with van der Waals surface area (Å²) in [6.07, 6.45) is 4.26. The normalized spacial score (nSPS) is 38.6. The predicted molar refractivity (Wildman–Crippen MR) is 68.6 cm³/mol. The van der Waals surface area contributed by atoms with E-state index in [1.807, 2.05) is 0 Å². The molecule has 2 unspecified atom stereocenters. The SMILES string of the molecule is O=C(O)C1(N2CCNCC2)CCN2CCCCC21. The van der Waals surface area contributed by atoms with Gasteiger partial charge >= 0.3 is 5.97 Å². The Bertz CT molecular complexity index is 330. The average molecular weight is 253 g/mol. The van der Waals surface area contributed by atoms with Crippen LogP contribution in [-0.4, -0.2) is 71.7 Å². The number of nitrogens with one attached hydrogen (secondary N) is 1. The second-order valence-corrected chi connectivity index (χ2v) is 5.76. The standard InChI is InChI=1S/C13H23N3O2/c17-12(18)13(16-9-5-14-6-10-16)4-8-15-7-2-1-3-11(13)15/h11,14H,1-10H2,(H,17,18). The molecule has 3 aliphatic heterocycles. The number of hydrogen-bond acceptors (Lipinski definition) is 4. The summed E-state index contributed by atoms with van der Waals surface area (Å²) in [6.45, 7) is 5.63. The summed E-state index contributed by atoms with van der Waals surface area (Å²) in [6, 6.07) is 0.238. The van der Waals surface area contributed by atoms with Crippen LogP contribution >= 0.6 is 0 Å². The van der Waals surface area contributed by atoms with Gasteiger partial charge in [0.15, 0.2) is 0 Å². The van der Waals surface area contributed by atoms with Gasteiger partial charge in [0.05, 0.1) is 0 Å². The topological polar surface area (TPSA) is 55.8 Å². The van der Waals surface area contributed by atoms with Gasteiger partial charge < -0.3 is 10.4 Å². The summed E-state index contributed by atoms with van der Waals surface area (Å²) in [7, 11) is 0. The fourth-order valence-electron chi connectivity index (χ4n) is 4.10. The average Bonchev–Trinajstić information content (AvgIpc) is 2.80. The molecule has 0 aromatic rings. The van der Waals surface area contributed by atoms with E-state index < -0.39 is 11.5 Å². The summed E-state index contributed by atoms with van der Waals surface area (Å²) in [5.74, 6) is -0.598. The molecule has 0 saturated carbocycles. The maximum absolute atomic E-state index is 12.0. The fourth-order valence-corrected chi connectivity index (χ4v) is 4.10. The third-order valence-electron chi connectivity index (χ3n) is 5.00. The fraction of sp³-hybridized carbons (Fsp3) is 0.923. The summed E-state index contributed by atoms with van der Waals surface area (Å²) in [5.41, 5.74) is -0.609. The van der Waals surface area contributed by atoms with Crippen LogP contribution in [0.4, 0.5) is 0 Å². The van der Waals surface area contributed by atoms with E-state index in [1.165, 1.54) is 12.8 Å². The Morgan fingerprint density at radius 3 is 2.67 bits per heavy atom. The number of piperidine rings is 1. The Kier molecular flexibility index (Phi) is 3.30. The van der Waals surface area contributed by atoms with Gasteiger partial charge in [-0.05, 0) is 25.8 Å². The van der Waals surface area contributed by atoms with E-state index in [-0.39, 0.29) is 6.04 Å². The van der Waals surface area contributed by atoms with Gasteiger partial charge in [-0.25, -0.2) is 0 Å². The number of aliphatic carboxylic acids is 1. The molecule has 3 heterocycles. The Morgan fingerprint density at radius 1 is 1.17 bits per heavy atom. The molecule has 3 aliphatic rings. The Balaban J connectivity index is 1.88. The van der Waals surface area contributed by atoms with Crippen LogP contribution < -0.4 is 5.32 Å². The van der Waals surface area contributed by atoms with E-state index in [0.717, 1.165) is 52.1 Å². The number of nitrogens with zero attached hydrogens (tertiary/aromatic N) is 2. The second-order valence-electron chi connectivity index (χ2n) is 5.76. The van der Waals surface area contributed by atoms with Crippen LogP contribution in [0.5, 0.6) is 0 Å². The second kappa shape index (κ2) is 4.79. The highest BCUT2D eigenvalue weighted by atomic mass is 16.4. The molecule has 5 nitrogen and oxygen atoms in total. The van der Waals surface area contributed by atoms with Gasteiger partial charge in [0.25, 0.3) is 0 Å². The monoisotopic (exact) mass is 253 g/mol. The highest BCUT2D eigenvalue weighted by Crippen LogP contribution is 2.39. The lowest BCUT2D eigenvalue weighted by Gasteiger charge is -2.46. The molecule has 0 aliphatic carbocycles. The molecule has 3 fully saturated rings. The van der Waals surface area contributed by atoms with Crippen molar-refractivity contribution in [3.63, 3.8) is 0 Å². The maximum atomic E-state index is 12.0. The Morgan fingerprint density at radius 2 is 1.94 bits per heavy atom. The van der Waals surface area contributed by atoms with Crippen molar-refractivity contribution in [2.75, 3.05) is 39.3 Å². The van der Waals surface area contributed by atoms with Crippen molar-refractivity contribution in [1.29, 1.82) is 0 Å². The van der Waals surface area contributed by atoms with E-state index in [9.17, 15) is 9.90 Å². The van der Waals surface area contributed by atoms with Gasteiger partial charge in [-0.15, -0.1) is 0 Å².